The summed E-state index contributed by atoms with van der Waals surface area (Å²) < 4.78 is 13.3. The Morgan fingerprint density at radius 1 is 1.11 bits per heavy atom. The molecule has 19 heavy (non-hydrogen) atoms. The SMILES string of the molecule is CC1CCc2cc(F)ccc2C1Cc1ccccc1. The second-order valence-corrected chi connectivity index (χ2v) is 5.66. The molecule has 0 radical (unpaired) electrons. The van der Waals surface area contributed by atoms with E-state index in [1.165, 1.54) is 16.7 Å². The Hall–Kier alpha value is -1.63. The highest BCUT2D eigenvalue weighted by molar-refractivity contribution is 5.35. The van der Waals surface area contributed by atoms with Crippen LogP contribution in [0.2, 0.25) is 0 Å². The van der Waals surface area contributed by atoms with E-state index in [2.05, 4.69) is 37.3 Å². The zero-order valence-electron chi connectivity index (χ0n) is 11.3. The lowest BCUT2D eigenvalue weighted by Gasteiger charge is -2.31. The maximum absolute atomic E-state index is 13.3. The van der Waals surface area contributed by atoms with E-state index in [4.69, 9.17) is 0 Å². The van der Waals surface area contributed by atoms with Crippen LogP contribution in [-0.2, 0) is 12.8 Å². The molecule has 2 aromatic carbocycles. The molecule has 2 unspecified atom stereocenters. The number of halogens is 1. The van der Waals surface area contributed by atoms with Crippen molar-refractivity contribution in [2.45, 2.75) is 32.1 Å². The Balaban J connectivity index is 1.93. The van der Waals surface area contributed by atoms with Crippen LogP contribution in [0.4, 0.5) is 4.39 Å². The van der Waals surface area contributed by atoms with Gasteiger partial charge in [-0.15, -0.1) is 0 Å². The van der Waals surface area contributed by atoms with Crippen LogP contribution in [0, 0.1) is 11.7 Å². The van der Waals surface area contributed by atoms with Crippen molar-refractivity contribution >= 4 is 0 Å². The molecule has 0 spiro atoms. The van der Waals surface area contributed by atoms with Crippen molar-refractivity contribution in [3.05, 3.63) is 71.0 Å². The fourth-order valence-electron chi connectivity index (χ4n) is 3.22. The minimum atomic E-state index is -0.105. The molecule has 3 rings (SSSR count). The number of rotatable bonds is 2. The second kappa shape index (κ2) is 5.16. The molecule has 98 valence electrons. The van der Waals surface area contributed by atoms with Crippen LogP contribution < -0.4 is 0 Å². The van der Waals surface area contributed by atoms with Crippen LogP contribution in [0.25, 0.3) is 0 Å². The molecule has 0 amide bonds. The van der Waals surface area contributed by atoms with Crippen LogP contribution in [0.15, 0.2) is 48.5 Å². The molecule has 1 heteroatoms. The highest BCUT2D eigenvalue weighted by Crippen LogP contribution is 2.38. The minimum absolute atomic E-state index is 0.105. The molecular weight excluding hydrogens is 235 g/mol. The molecule has 2 aromatic rings. The molecule has 0 fully saturated rings. The van der Waals surface area contributed by atoms with Gasteiger partial charge < -0.3 is 0 Å². The zero-order chi connectivity index (χ0) is 13.2. The van der Waals surface area contributed by atoms with E-state index in [0.717, 1.165) is 19.3 Å². The summed E-state index contributed by atoms with van der Waals surface area (Å²) in [6.07, 6.45) is 3.23. The van der Waals surface area contributed by atoms with Crippen molar-refractivity contribution in [2.75, 3.05) is 0 Å². The Bertz CT molecular complexity index is 559. The van der Waals surface area contributed by atoms with Gasteiger partial charge in [-0.1, -0.05) is 43.3 Å². The third kappa shape index (κ3) is 2.56. The lowest BCUT2D eigenvalue weighted by Crippen LogP contribution is -2.20. The molecule has 0 nitrogen and oxygen atoms in total. The number of benzene rings is 2. The van der Waals surface area contributed by atoms with Crippen LogP contribution in [-0.4, -0.2) is 0 Å². The van der Waals surface area contributed by atoms with Crippen molar-refractivity contribution in [3.63, 3.8) is 0 Å². The molecule has 0 aromatic heterocycles. The lowest BCUT2D eigenvalue weighted by molar-refractivity contribution is 0.399. The standard InChI is InChI=1S/C18H19F/c1-13-7-8-15-12-16(19)9-10-17(15)18(13)11-14-5-3-2-4-6-14/h2-6,9-10,12-13,18H,7-8,11H2,1H3. The van der Waals surface area contributed by atoms with Gasteiger partial charge in [0.05, 0.1) is 0 Å². The summed E-state index contributed by atoms with van der Waals surface area (Å²) in [6.45, 7) is 2.32. The van der Waals surface area contributed by atoms with Gasteiger partial charge >= 0.3 is 0 Å². The zero-order valence-corrected chi connectivity index (χ0v) is 11.3. The molecular formula is C18H19F. The number of hydrogen-bond donors (Lipinski definition) is 0. The quantitative estimate of drug-likeness (QED) is 0.726. The highest BCUT2D eigenvalue weighted by Gasteiger charge is 2.26. The third-order valence-electron chi connectivity index (χ3n) is 4.36. The molecule has 2 atom stereocenters. The molecule has 1 aliphatic rings. The first-order valence-corrected chi connectivity index (χ1v) is 7.06. The van der Waals surface area contributed by atoms with Gasteiger partial charge in [0, 0.05) is 0 Å². The fraction of sp³-hybridized carbons (Fsp3) is 0.333. The summed E-state index contributed by atoms with van der Waals surface area (Å²) in [5, 5.41) is 0. The van der Waals surface area contributed by atoms with Gasteiger partial charge in [0.1, 0.15) is 5.82 Å². The lowest BCUT2D eigenvalue weighted by atomic mass is 9.73. The number of hydrogen-bond acceptors (Lipinski definition) is 0. The van der Waals surface area contributed by atoms with Gasteiger partial charge in [0.15, 0.2) is 0 Å². The van der Waals surface area contributed by atoms with Gasteiger partial charge in [-0.3, -0.25) is 0 Å². The maximum atomic E-state index is 13.3. The molecule has 0 N–H and O–H groups in total. The molecule has 1 aliphatic carbocycles. The summed E-state index contributed by atoms with van der Waals surface area (Å²) in [6, 6.07) is 15.9. The Morgan fingerprint density at radius 2 is 1.89 bits per heavy atom. The van der Waals surface area contributed by atoms with E-state index < -0.39 is 0 Å². The number of fused-ring (bicyclic) bond motifs is 1. The second-order valence-electron chi connectivity index (χ2n) is 5.66. The summed E-state index contributed by atoms with van der Waals surface area (Å²) in [7, 11) is 0. The fourth-order valence-corrected chi connectivity index (χ4v) is 3.22. The van der Waals surface area contributed by atoms with Gasteiger partial charge in [-0.25, -0.2) is 4.39 Å². The summed E-state index contributed by atoms with van der Waals surface area (Å²) >= 11 is 0. The van der Waals surface area contributed by atoms with Gasteiger partial charge in [0.2, 0.25) is 0 Å². The molecule has 0 heterocycles. The van der Waals surface area contributed by atoms with Gasteiger partial charge in [0.25, 0.3) is 0 Å². The highest BCUT2D eigenvalue weighted by atomic mass is 19.1. The van der Waals surface area contributed by atoms with Crippen LogP contribution in [0.5, 0.6) is 0 Å². The minimum Gasteiger partial charge on any atom is -0.207 e. The Kier molecular flexibility index (Phi) is 3.37. The van der Waals surface area contributed by atoms with Crippen molar-refractivity contribution in [2.24, 2.45) is 5.92 Å². The molecule has 0 saturated carbocycles. The first kappa shape index (κ1) is 12.4. The van der Waals surface area contributed by atoms with Crippen molar-refractivity contribution < 1.29 is 4.39 Å². The van der Waals surface area contributed by atoms with E-state index in [0.29, 0.717) is 11.8 Å². The topological polar surface area (TPSA) is 0 Å². The summed E-state index contributed by atoms with van der Waals surface area (Å²) in [5.41, 5.74) is 3.93. The monoisotopic (exact) mass is 254 g/mol. The summed E-state index contributed by atoms with van der Waals surface area (Å²) in [5.74, 6) is 1.08. The first-order valence-electron chi connectivity index (χ1n) is 7.06. The van der Waals surface area contributed by atoms with E-state index in [1.54, 1.807) is 12.1 Å². The average molecular weight is 254 g/mol. The maximum Gasteiger partial charge on any atom is 0.123 e. The normalized spacial score (nSPS) is 22.0. The average Bonchev–Trinajstić information content (AvgIpc) is 2.43. The van der Waals surface area contributed by atoms with E-state index in [9.17, 15) is 4.39 Å². The van der Waals surface area contributed by atoms with E-state index in [1.807, 2.05) is 6.07 Å². The Morgan fingerprint density at radius 3 is 2.68 bits per heavy atom. The smallest absolute Gasteiger partial charge is 0.123 e. The first-order chi connectivity index (χ1) is 9.24. The van der Waals surface area contributed by atoms with E-state index in [-0.39, 0.29) is 5.82 Å². The molecule has 0 bridgehead atoms. The van der Waals surface area contributed by atoms with Crippen molar-refractivity contribution in [1.29, 1.82) is 0 Å². The number of aryl methyl sites for hydroxylation is 1. The van der Waals surface area contributed by atoms with Crippen molar-refractivity contribution in [1.82, 2.24) is 0 Å². The largest absolute Gasteiger partial charge is 0.207 e. The predicted octanol–water partition coefficient (Wildman–Crippen LogP) is 4.73. The molecule has 0 aliphatic heterocycles. The van der Waals surface area contributed by atoms with Crippen LogP contribution >= 0.6 is 0 Å². The summed E-state index contributed by atoms with van der Waals surface area (Å²) in [4.78, 5) is 0. The Labute approximate surface area is 114 Å². The van der Waals surface area contributed by atoms with Crippen LogP contribution in [0.3, 0.4) is 0 Å². The predicted molar refractivity (Wildman–Crippen MR) is 76.8 cm³/mol. The molecule has 0 saturated heterocycles. The third-order valence-corrected chi connectivity index (χ3v) is 4.36. The van der Waals surface area contributed by atoms with E-state index >= 15 is 0 Å². The van der Waals surface area contributed by atoms with Gasteiger partial charge in [-0.2, -0.15) is 0 Å². The van der Waals surface area contributed by atoms with Crippen molar-refractivity contribution in [3.8, 4) is 0 Å². The van der Waals surface area contributed by atoms with Crippen LogP contribution in [0.1, 0.15) is 36.0 Å². The van der Waals surface area contributed by atoms with Gasteiger partial charge in [-0.05, 0) is 59.9 Å².